The fourth-order valence-corrected chi connectivity index (χ4v) is 1.28. The molecule has 2 rings (SSSR count). The van der Waals surface area contributed by atoms with E-state index in [-0.39, 0.29) is 5.92 Å². The van der Waals surface area contributed by atoms with Gasteiger partial charge in [0.1, 0.15) is 11.6 Å². The third kappa shape index (κ3) is 3.60. The second-order valence-electron chi connectivity index (χ2n) is 3.94. The first kappa shape index (κ1) is 14.3. The first-order valence-electron chi connectivity index (χ1n) is 5.28. The van der Waals surface area contributed by atoms with E-state index in [0.717, 1.165) is 11.2 Å². The van der Waals surface area contributed by atoms with Crippen LogP contribution in [0.4, 0.5) is 0 Å². The highest BCUT2D eigenvalue weighted by atomic mass is 32.1. The minimum absolute atomic E-state index is 0.0208. The molecule has 7 nitrogen and oxygen atoms in total. The number of hydrogen-bond acceptors (Lipinski definition) is 5. The zero-order chi connectivity index (χ0) is 13.7. The summed E-state index contributed by atoms with van der Waals surface area (Å²) in [5, 5.41) is 8.23. The lowest BCUT2D eigenvalue weighted by molar-refractivity contribution is -0.139. The van der Waals surface area contributed by atoms with Crippen LogP contribution in [0.2, 0.25) is 0 Å². The van der Waals surface area contributed by atoms with Gasteiger partial charge in [0.15, 0.2) is 10.3 Å². The largest absolute Gasteiger partial charge is 0.480 e. The van der Waals surface area contributed by atoms with Gasteiger partial charge >= 0.3 is 5.97 Å². The highest BCUT2D eigenvalue weighted by Gasteiger charge is 2.14. The normalized spacial score (nSPS) is 12.0. The summed E-state index contributed by atoms with van der Waals surface area (Å²) in [6.07, 6.45) is 3.12. The third-order valence-corrected chi connectivity index (χ3v) is 2.55. The minimum atomic E-state index is -0.931. The maximum atomic E-state index is 10.0. The van der Waals surface area contributed by atoms with Crippen LogP contribution in [0.15, 0.2) is 12.7 Å². The molecule has 2 aromatic rings. The van der Waals surface area contributed by atoms with Gasteiger partial charge in [-0.3, -0.25) is 4.79 Å². The van der Waals surface area contributed by atoms with Crippen molar-refractivity contribution in [1.82, 2.24) is 19.9 Å². The molecule has 18 heavy (non-hydrogen) atoms. The fraction of sp³-hybridized carbons (Fsp3) is 0.400. The van der Waals surface area contributed by atoms with E-state index in [1.165, 1.54) is 6.33 Å². The summed E-state index contributed by atoms with van der Waals surface area (Å²) < 4.78 is 0.547. The summed E-state index contributed by atoms with van der Waals surface area (Å²) in [4.78, 5) is 23.6. The molecule has 0 fully saturated rings. The molecule has 2 heterocycles. The van der Waals surface area contributed by atoms with Crippen molar-refractivity contribution < 1.29 is 9.90 Å². The van der Waals surface area contributed by atoms with E-state index < -0.39 is 12.0 Å². The molecule has 0 bridgehead atoms. The number of carboxylic acids is 1. The molecule has 5 N–H and O–H groups in total. The summed E-state index contributed by atoms with van der Waals surface area (Å²) >= 11 is 4.91. The summed E-state index contributed by atoms with van der Waals surface area (Å²) in [5.74, 6) is -0.910. The van der Waals surface area contributed by atoms with E-state index in [1.807, 2.05) is 0 Å². The van der Waals surface area contributed by atoms with Crippen molar-refractivity contribution in [3.05, 3.63) is 17.3 Å². The average Bonchev–Trinajstić information content (AvgIpc) is 2.78. The van der Waals surface area contributed by atoms with Gasteiger partial charge in [-0.05, 0) is 5.92 Å². The first-order chi connectivity index (χ1) is 8.43. The van der Waals surface area contributed by atoms with Crippen LogP contribution >= 0.6 is 12.2 Å². The number of hydrogen-bond donors (Lipinski definition) is 4. The molecule has 0 spiro atoms. The zero-order valence-electron chi connectivity index (χ0n) is 10.0. The predicted molar refractivity (Wildman–Crippen MR) is 69.5 cm³/mol. The maximum absolute atomic E-state index is 10.0. The molecule has 98 valence electrons. The van der Waals surface area contributed by atoms with E-state index in [0.29, 0.717) is 4.64 Å². The molecule has 0 amide bonds. The number of aromatic nitrogens is 4. The highest BCUT2D eigenvalue weighted by molar-refractivity contribution is 7.71. The number of nitrogens with one attached hydrogen (secondary N) is 2. The Morgan fingerprint density at radius 1 is 1.39 bits per heavy atom. The van der Waals surface area contributed by atoms with Crippen molar-refractivity contribution in [2.45, 2.75) is 19.9 Å². The Kier molecular flexibility index (Phi) is 4.93. The molecule has 0 saturated heterocycles. The maximum Gasteiger partial charge on any atom is 0.320 e. The van der Waals surface area contributed by atoms with Gasteiger partial charge in [0.05, 0.1) is 12.7 Å². The van der Waals surface area contributed by atoms with Crippen LogP contribution in [-0.4, -0.2) is 37.1 Å². The Balaban J connectivity index is 0.000000187. The number of aromatic amines is 2. The molecular formula is C10H15N5O2S. The number of imidazole rings is 1. The molecule has 0 aliphatic rings. The monoisotopic (exact) mass is 269 g/mol. The predicted octanol–water partition coefficient (Wildman–Crippen LogP) is 1.07. The van der Waals surface area contributed by atoms with Crippen LogP contribution < -0.4 is 5.73 Å². The van der Waals surface area contributed by atoms with Crippen molar-refractivity contribution >= 4 is 29.4 Å². The average molecular weight is 269 g/mol. The Bertz CT molecular complexity index is 577. The molecule has 0 radical (unpaired) electrons. The van der Waals surface area contributed by atoms with Gasteiger partial charge in [-0.25, -0.2) is 9.97 Å². The summed E-state index contributed by atoms with van der Waals surface area (Å²) in [7, 11) is 0. The van der Waals surface area contributed by atoms with Crippen molar-refractivity contribution in [2.75, 3.05) is 0 Å². The van der Waals surface area contributed by atoms with Gasteiger partial charge < -0.3 is 20.8 Å². The molecule has 0 aliphatic carbocycles. The number of carboxylic acid groups (broad SMARTS) is 1. The Labute approximate surface area is 108 Å². The number of rotatable bonds is 2. The number of nitrogens with zero attached hydrogens (tertiary/aromatic N) is 2. The van der Waals surface area contributed by atoms with Crippen molar-refractivity contribution in [1.29, 1.82) is 0 Å². The van der Waals surface area contributed by atoms with Gasteiger partial charge in [0, 0.05) is 0 Å². The molecule has 0 aromatic carbocycles. The summed E-state index contributed by atoms with van der Waals surface area (Å²) in [5.41, 5.74) is 6.70. The van der Waals surface area contributed by atoms with Crippen LogP contribution in [0.1, 0.15) is 13.8 Å². The molecule has 0 unspecified atom stereocenters. The van der Waals surface area contributed by atoms with E-state index in [4.69, 9.17) is 23.1 Å². The standard InChI is InChI=1S/C5H4N4S.C5H11NO2/c10-5-3-4(7-1-6-3)8-2-9-5;1-3(2)4(6)5(7)8/h1-2H,(H2,6,7,8,9,10);3-4H,6H2,1-2H3,(H,7,8)/t;4-/m.0/s1. The van der Waals surface area contributed by atoms with Crippen LogP contribution in [0.5, 0.6) is 0 Å². The van der Waals surface area contributed by atoms with Gasteiger partial charge in [-0.2, -0.15) is 0 Å². The Morgan fingerprint density at radius 3 is 2.44 bits per heavy atom. The van der Waals surface area contributed by atoms with Crippen molar-refractivity contribution in [3.8, 4) is 0 Å². The van der Waals surface area contributed by atoms with Crippen LogP contribution in [0.25, 0.3) is 11.2 Å². The molecule has 0 aliphatic heterocycles. The lowest BCUT2D eigenvalue weighted by atomic mass is 10.1. The first-order valence-corrected chi connectivity index (χ1v) is 5.69. The van der Waals surface area contributed by atoms with E-state index in [9.17, 15) is 4.79 Å². The SMILES string of the molecule is CC(C)[C@H](N)C(=O)O.S=c1nc[nH]c2nc[nH]c12. The summed E-state index contributed by atoms with van der Waals surface area (Å²) in [6, 6.07) is -0.713. The molecule has 2 aromatic heterocycles. The van der Waals surface area contributed by atoms with Crippen molar-refractivity contribution in [3.63, 3.8) is 0 Å². The van der Waals surface area contributed by atoms with Crippen LogP contribution in [0.3, 0.4) is 0 Å². The van der Waals surface area contributed by atoms with Gasteiger partial charge in [0.2, 0.25) is 0 Å². The number of carbonyl (C=O) groups is 1. The number of H-pyrrole nitrogens is 2. The molecular weight excluding hydrogens is 254 g/mol. The molecule has 8 heteroatoms. The zero-order valence-corrected chi connectivity index (χ0v) is 10.9. The lowest BCUT2D eigenvalue weighted by Crippen LogP contribution is -2.34. The van der Waals surface area contributed by atoms with Crippen LogP contribution in [0, 0.1) is 10.6 Å². The Morgan fingerprint density at radius 2 is 2.00 bits per heavy atom. The second-order valence-corrected chi connectivity index (χ2v) is 4.33. The lowest BCUT2D eigenvalue weighted by Gasteiger charge is -2.07. The number of aliphatic carboxylic acids is 1. The topological polar surface area (TPSA) is 121 Å². The molecule has 0 saturated carbocycles. The highest BCUT2D eigenvalue weighted by Crippen LogP contribution is 2.02. The van der Waals surface area contributed by atoms with E-state index >= 15 is 0 Å². The van der Waals surface area contributed by atoms with Gasteiger partial charge in [0.25, 0.3) is 0 Å². The van der Waals surface area contributed by atoms with Crippen LogP contribution in [-0.2, 0) is 4.79 Å². The Hall–Kier alpha value is -1.80. The number of fused-ring (bicyclic) bond motifs is 1. The smallest absolute Gasteiger partial charge is 0.320 e. The van der Waals surface area contributed by atoms with Gasteiger partial charge in [-0.1, -0.05) is 26.1 Å². The van der Waals surface area contributed by atoms with Gasteiger partial charge in [-0.15, -0.1) is 0 Å². The molecule has 1 atom stereocenters. The minimum Gasteiger partial charge on any atom is -0.480 e. The fourth-order valence-electron chi connectivity index (χ4n) is 1.07. The third-order valence-electron chi connectivity index (χ3n) is 2.24. The van der Waals surface area contributed by atoms with E-state index in [2.05, 4.69) is 19.9 Å². The van der Waals surface area contributed by atoms with Crippen molar-refractivity contribution in [2.24, 2.45) is 11.7 Å². The quantitative estimate of drug-likeness (QED) is 0.605. The summed E-state index contributed by atoms with van der Waals surface area (Å²) in [6.45, 7) is 3.55. The van der Waals surface area contributed by atoms with E-state index in [1.54, 1.807) is 20.2 Å². The second kappa shape index (κ2) is 6.22. The number of nitrogens with two attached hydrogens (primary N) is 1.